The molecule has 0 aliphatic heterocycles. The standard InChI is InChI=1S/C9H9F3N2O2S/c10-9(11,12)17-5-4-13-8(16)6-2-1-3-7(15)14-6/h1-3H,4-5H2,(H,13,16)(H,14,15). The van der Waals surface area contributed by atoms with Gasteiger partial charge in [-0.2, -0.15) is 13.2 Å². The summed E-state index contributed by atoms with van der Waals surface area (Å²) in [5.41, 5.74) is -4.72. The number of H-pyrrole nitrogens is 1. The van der Waals surface area contributed by atoms with Gasteiger partial charge in [0.25, 0.3) is 5.91 Å². The number of nitrogens with one attached hydrogen (secondary N) is 2. The molecule has 0 bridgehead atoms. The zero-order valence-corrected chi connectivity index (χ0v) is 9.32. The molecule has 1 aromatic rings. The van der Waals surface area contributed by atoms with E-state index in [9.17, 15) is 22.8 Å². The summed E-state index contributed by atoms with van der Waals surface area (Å²) in [4.78, 5) is 24.5. The van der Waals surface area contributed by atoms with E-state index in [0.29, 0.717) is 0 Å². The van der Waals surface area contributed by atoms with Crippen LogP contribution in [0, 0.1) is 0 Å². The van der Waals surface area contributed by atoms with Crippen LogP contribution in [-0.4, -0.2) is 28.7 Å². The Morgan fingerprint density at radius 2 is 2.12 bits per heavy atom. The number of thioether (sulfide) groups is 1. The minimum absolute atomic E-state index is 0.0227. The van der Waals surface area contributed by atoms with Crippen LogP contribution in [0.3, 0.4) is 0 Å². The van der Waals surface area contributed by atoms with E-state index in [2.05, 4.69) is 10.3 Å². The fourth-order valence-electron chi connectivity index (χ4n) is 1.01. The molecule has 0 atom stereocenters. The monoisotopic (exact) mass is 266 g/mol. The van der Waals surface area contributed by atoms with E-state index in [-0.39, 0.29) is 29.8 Å². The van der Waals surface area contributed by atoms with Crippen LogP contribution in [0.15, 0.2) is 23.0 Å². The van der Waals surface area contributed by atoms with E-state index in [1.807, 2.05) is 0 Å². The van der Waals surface area contributed by atoms with Crippen molar-refractivity contribution >= 4 is 17.7 Å². The third-order valence-electron chi connectivity index (χ3n) is 1.67. The average molecular weight is 266 g/mol. The summed E-state index contributed by atoms with van der Waals surface area (Å²) in [7, 11) is 0. The van der Waals surface area contributed by atoms with E-state index in [1.165, 1.54) is 18.2 Å². The minimum atomic E-state index is -4.30. The van der Waals surface area contributed by atoms with E-state index < -0.39 is 17.0 Å². The Labute approximate surface area is 98.6 Å². The summed E-state index contributed by atoms with van der Waals surface area (Å²) >= 11 is -0.213. The highest BCUT2D eigenvalue weighted by Crippen LogP contribution is 2.29. The summed E-state index contributed by atoms with van der Waals surface area (Å²) in [6, 6.07) is 3.99. The van der Waals surface area contributed by atoms with Crippen molar-refractivity contribution in [2.75, 3.05) is 12.3 Å². The van der Waals surface area contributed by atoms with Gasteiger partial charge >= 0.3 is 5.51 Å². The first-order valence-electron chi connectivity index (χ1n) is 4.57. The molecule has 0 spiro atoms. The summed E-state index contributed by atoms with van der Waals surface area (Å²) in [5, 5.41) is 2.27. The number of aromatic amines is 1. The first-order valence-corrected chi connectivity index (χ1v) is 5.55. The van der Waals surface area contributed by atoms with Crippen molar-refractivity contribution in [3.63, 3.8) is 0 Å². The summed E-state index contributed by atoms with van der Waals surface area (Å²) in [6.07, 6.45) is 0. The average Bonchev–Trinajstić information content (AvgIpc) is 2.23. The van der Waals surface area contributed by atoms with Crippen molar-refractivity contribution < 1.29 is 18.0 Å². The number of carbonyl (C=O) groups excluding carboxylic acids is 1. The second-order valence-electron chi connectivity index (χ2n) is 2.98. The van der Waals surface area contributed by atoms with Gasteiger partial charge in [0.1, 0.15) is 5.69 Å². The molecule has 1 aromatic heterocycles. The maximum Gasteiger partial charge on any atom is 0.441 e. The molecule has 2 N–H and O–H groups in total. The van der Waals surface area contributed by atoms with Crippen molar-refractivity contribution in [2.24, 2.45) is 0 Å². The van der Waals surface area contributed by atoms with Crippen molar-refractivity contribution in [1.82, 2.24) is 10.3 Å². The van der Waals surface area contributed by atoms with E-state index in [0.717, 1.165) is 0 Å². The lowest BCUT2D eigenvalue weighted by atomic mass is 10.3. The van der Waals surface area contributed by atoms with Crippen molar-refractivity contribution in [1.29, 1.82) is 0 Å². The van der Waals surface area contributed by atoms with Gasteiger partial charge in [0.15, 0.2) is 0 Å². The first-order chi connectivity index (χ1) is 7.88. The predicted molar refractivity (Wildman–Crippen MR) is 57.9 cm³/mol. The number of aromatic nitrogens is 1. The topological polar surface area (TPSA) is 62.0 Å². The zero-order valence-electron chi connectivity index (χ0n) is 8.50. The molecule has 0 aliphatic carbocycles. The Morgan fingerprint density at radius 1 is 1.41 bits per heavy atom. The number of alkyl halides is 3. The highest BCUT2D eigenvalue weighted by molar-refractivity contribution is 8.00. The zero-order chi connectivity index (χ0) is 12.9. The number of hydrogen-bond donors (Lipinski definition) is 2. The fourth-order valence-corrected chi connectivity index (χ4v) is 1.44. The molecule has 1 amide bonds. The molecule has 0 unspecified atom stereocenters. The number of pyridine rings is 1. The normalized spacial score (nSPS) is 11.2. The van der Waals surface area contributed by atoms with Gasteiger partial charge in [-0.25, -0.2) is 0 Å². The third-order valence-corrected chi connectivity index (χ3v) is 2.40. The van der Waals surface area contributed by atoms with Crippen molar-refractivity contribution in [3.05, 3.63) is 34.2 Å². The van der Waals surface area contributed by atoms with Gasteiger partial charge in [0.2, 0.25) is 5.56 Å². The molecule has 0 aromatic carbocycles. The molecule has 1 rings (SSSR count). The first kappa shape index (κ1) is 13.6. The van der Waals surface area contributed by atoms with E-state index in [4.69, 9.17) is 0 Å². The molecule has 0 aliphatic rings. The number of amides is 1. The third kappa shape index (κ3) is 5.43. The smallest absolute Gasteiger partial charge is 0.350 e. The van der Waals surface area contributed by atoms with Crippen LogP contribution in [0.4, 0.5) is 13.2 Å². The SMILES string of the molecule is O=C(NCCSC(F)(F)F)c1cccc(=O)[nH]1. The predicted octanol–water partition coefficient (Wildman–Crippen LogP) is 1.36. The van der Waals surface area contributed by atoms with Crippen LogP contribution in [0.25, 0.3) is 0 Å². The molecule has 8 heteroatoms. The number of rotatable bonds is 4. The lowest BCUT2D eigenvalue weighted by Gasteiger charge is -2.06. The van der Waals surface area contributed by atoms with Gasteiger partial charge in [-0.3, -0.25) is 9.59 Å². The van der Waals surface area contributed by atoms with Gasteiger partial charge in [-0.15, -0.1) is 0 Å². The van der Waals surface area contributed by atoms with Gasteiger partial charge in [-0.1, -0.05) is 6.07 Å². The fraction of sp³-hybridized carbons (Fsp3) is 0.333. The van der Waals surface area contributed by atoms with Crippen LogP contribution in [0.5, 0.6) is 0 Å². The quantitative estimate of drug-likeness (QED) is 0.809. The molecule has 1 heterocycles. The summed E-state index contributed by atoms with van der Waals surface area (Å²) in [5.74, 6) is -0.878. The summed E-state index contributed by atoms with van der Waals surface area (Å²) in [6.45, 7) is -0.125. The van der Waals surface area contributed by atoms with E-state index >= 15 is 0 Å². The Kier molecular flexibility index (Phi) is 4.62. The minimum Gasteiger partial charge on any atom is -0.350 e. The highest BCUT2D eigenvalue weighted by Gasteiger charge is 2.27. The Morgan fingerprint density at radius 3 is 2.71 bits per heavy atom. The molecule has 17 heavy (non-hydrogen) atoms. The molecule has 0 saturated carbocycles. The Hall–Kier alpha value is -1.44. The van der Waals surface area contributed by atoms with Crippen LogP contribution in [-0.2, 0) is 0 Å². The van der Waals surface area contributed by atoms with Crippen LogP contribution in [0.2, 0.25) is 0 Å². The largest absolute Gasteiger partial charge is 0.441 e. The van der Waals surface area contributed by atoms with Gasteiger partial charge in [0.05, 0.1) is 0 Å². The Bertz CT molecular complexity index is 444. The number of hydrogen-bond acceptors (Lipinski definition) is 3. The van der Waals surface area contributed by atoms with Gasteiger partial charge in [-0.05, 0) is 17.8 Å². The lowest BCUT2D eigenvalue weighted by molar-refractivity contribution is -0.0327. The molecular formula is C9H9F3N2O2S. The molecule has 0 saturated heterocycles. The number of halogens is 3. The Balaban J connectivity index is 2.38. The van der Waals surface area contributed by atoms with E-state index in [1.54, 1.807) is 0 Å². The second kappa shape index (κ2) is 5.76. The van der Waals surface area contributed by atoms with Gasteiger partial charge < -0.3 is 10.3 Å². The molecular weight excluding hydrogens is 257 g/mol. The lowest BCUT2D eigenvalue weighted by Crippen LogP contribution is -2.28. The van der Waals surface area contributed by atoms with Crippen LogP contribution < -0.4 is 10.9 Å². The number of carbonyl (C=O) groups is 1. The van der Waals surface area contributed by atoms with Crippen LogP contribution in [0.1, 0.15) is 10.5 Å². The molecule has 94 valence electrons. The van der Waals surface area contributed by atoms with Crippen molar-refractivity contribution in [3.8, 4) is 0 Å². The van der Waals surface area contributed by atoms with Crippen molar-refractivity contribution in [2.45, 2.75) is 5.51 Å². The summed E-state index contributed by atoms with van der Waals surface area (Å²) < 4.78 is 35.3. The molecule has 0 fully saturated rings. The van der Waals surface area contributed by atoms with Crippen LogP contribution >= 0.6 is 11.8 Å². The van der Waals surface area contributed by atoms with Gasteiger partial charge in [0, 0.05) is 18.4 Å². The molecule has 0 radical (unpaired) electrons. The maximum atomic E-state index is 11.8. The highest BCUT2D eigenvalue weighted by atomic mass is 32.2. The second-order valence-corrected chi connectivity index (χ2v) is 4.14. The maximum absolute atomic E-state index is 11.8. The molecule has 4 nitrogen and oxygen atoms in total.